The molecule has 0 aliphatic carbocycles. The van der Waals surface area contributed by atoms with Gasteiger partial charge in [0.15, 0.2) is 11.6 Å². The Kier molecular flexibility index (Phi) is 9.81. The van der Waals surface area contributed by atoms with Crippen LogP contribution in [0.5, 0.6) is 5.75 Å². The van der Waals surface area contributed by atoms with E-state index in [2.05, 4.69) is 6.92 Å². The molecule has 1 heterocycles. The van der Waals surface area contributed by atoms with Gasteiger partial charge >= 0.3 is 5.63 Å². The topological polar surface area (TPSA) is 39.4 Å². The molecule has 3 nitrogen and oxygen atoms in total. The normalized spacial score (nSPS) is 11.5. The van der Waals surface area contributed by atoms with E-state index < -0.39 is 11.4 Å². The van der Waals surface area contributed by atoms with Crippen LogP contribution in [0, 0.1) is 5.82 Å². The lowest BCUT2D eigenvalue weighted by Gasteiger charge is -2.09. The van der Waals surface area contributed by atoms with Crippen molar-refractivity contribution >= 4 is 10.8 Å². The number of hydrogen-bond donors (Lipinski definition) is 0. The van der Waals surface area contributed by atoms with Crippen molar-refractivity contribution in [2.24, 2.45) is 0 Å². The Morgan fingerprint density at radius 1 is 1.07 bits per heavy atom. The fourth-order valence-electron chi connectivity index (χ4n) is 3.32. The molecule has 154 valence electrons. The van der Waals surface area contributed by atoms with E-state index in [0.29, 0.717) is 24.2 Å². The van der Waals surface area contributed by atoms with Crippen molar-refractivity contribution in [2.45, 2.75) is 78.1 Å². The zero-order valence-corrected chi connectivity index (χ0v) is 17.3. The number of fused-ring (bicyclic) bond motifs is 1. The van der Waals surface area contributed by atoms with Crippen molar-refractivity contribution in [2.75, 3.05) is 6.61 Å². The van der Waals surface area contributed by atoms with E-state index in [0.717, 1.165) is 19.3 Å². The van der Waals surface area contributed by atoms with Crippen LogP contribution in [0.4, 0.5) is 4.39 Å². The molecule has 28 heavy (non-hydrogen) atoms. The highest BCUT2D eigenvalue weighted by Gasteiger charge is 2.14. The van der Waals surface area contributed by atoms with Crippen LogP contribution in [0.2, 0.25) is 0 Å². The van der Waals surface area contributed by atoms with E-state index in [1.165, 1.54) is 38.5 Å². The van der Waals surface area contributed by atoms with Crippen molar-refractivity contribution in [3.8, 4) is 5.75 Å². The molecule has 0 radical (unpaired) electrons. The highest BCUT2D eigenvalue weighted by Crippen LogP contribution is 2.25. The van der Waals surface area contributed by atoms with Crippen molar-refractivity contribution in [1.82, 2.24) is 0 Å². The second kappa shape index (κ2) is 12.4. The Morgan fingerprint density at radius 3 is 2.50 bits per heavy atom. The summed E-state index contributed by atoms with van der Waals surface area (Å²) in [6.07, 6.45) is 15.0. The second-order valence-electron chi connectivity index (χ2n) is 7.27. The van der Waals surface area contributed by atoms with Gasteiger partial charge in [-0.3, -0.25) is 0 Å². The average Bonchev–Trinajstić information content (AvgIpc) is 2.68. The minimum atomic E-state index is -0.636. The molecule has 0 bridgehead atoms. The van der Waals surface area contributed by atoms with Crippen molar-refractivity contribution < 1.29 is 13.5 Å². The fraction of sp³-hybridized carbons (Fsp3) is 0.542. The molecule has 0 saturated heterocycles. The molecule has 0 fully saturated rings. The second-order valence-corrected chi connectivity index (χ2v) is 7.27. The molecule has 0 aliphatic heterocycles. The number of hydrogen-bond acceptors (Lipinski definition) is 3. The molecule has 0 saturated carbocycles. The molecule has 2 rings (SSSR count). The predicted octanol–water partition coefficient (Wildman–Crippen LogP) is 6.96. The maximum Gasteiger partial charge on any atom is 0.346 e. The SMILES string of the molecule is C/C=C/CCc1cc2ccc(OCCCCCCCCCC)c(F)c2c(=O)o1. The number of aryl methyl sites for hydroxylation is 1. The van der Waals surface area contributed by atoms with Crippen LogP contribution in [-0.4, -0.2) is 6.61 Å². The molecule has 0 spiro atoms. The standard InChI is InChI=1S/C24H33FO3/c1-3-5-7-8-9-10-11-13-17-27-21-16-15-19-18-20(14-12-6-4-2)28-24(26)22(19)23(21)25/h4,6,15-16,18H,3,5,7-14,17H2,1-2H3/b6-4+. The molecule has 0 unspecified atom stereocenters. The van der Waals surface area contributed by atoms with E-state index in [1.54, 1.807) is 18.2 Å². The van der Waals surface area contributed by atoms with Crippen molar-refractivity contribution in [3.05, 3.63) is 52.3 Å². The van der Waals surface area contributed by atoms with Crippen LogP contribution in [0.1, 0.15) is 77.4 Å². The maximum atomic E-state index is 14.7. The molecular formula is C24H33FO3. The van der Waals surface area contributed by atoms with Gasteiger partial charge in [0.1, 0.15) is 11.1 Å². The third kappa shape index (κ3) is 6.81. The summed E-state index contributed by atoms with van der Waals surface area (Å²) in [7, 11) is 0. The van der Waals surface area contributed by atoms with E-state index in [1.807, 2.05) is 19.1 Å². The maximum absolute atomic E-state index is 14.7. The Hall–Kier alpha value is -2.10. The molecule has 1 aromatic carbocycles. The molecule has 2 aromatic rings. The first-order valence-corrected chi connectivity index (χ1v) is 10.7. The summed E-state index contributed by atoms with van der Waals surface area (Å²) in [6, 6.07) is 5.08. The lowest BCUT2D eigenvalue weighted by Crippen LogP contribution is -2.07. The van der Waals surface area contributed by atoms with E-state index in [9.17, 15) is 9.18 Å². The number of benzene rings is 1. The summed E-state index contributed by atoms with van der Waals surface area (Å²) in [5.41, 5.74) is -0.636. The summed E-state index contributed by atoms with van der Waals surface area (Å²) < 4.78 is 25.6. The Morgan fingerprint density at radius 2 is 1.79 bits per heavy atom. The lowest BCUT2D eigenvalue weighted by atomic mass is 10.1. The summed E-state index contributed by atoms with van der Waals surface area (Å²) >= 11 is 0. The first-order valence-electron chi connectivity index (χ1n) is 10.7. The number of rotatable bonds is 13. The van der Waals surface area contributed by atoms with Crippen LogP contribution < -0.4 is 10.4 Å². The summed E-state index contributed by atoms with van der Waals surface area (Å²) in [4.78, 5) is 12.2. The van der Waals surface area contributed by atoms with Gasteiger partial charge in [-0.25, -0.2) is 9.18 Å². The summed E-state index contributed by atoms with van der Waals surface area (Å²) in [5, 5.41) is 0.534. The molecule has 4 heteroatoms. The summed E-state index contributed by atoms with van der Waals surface area (Å²) in [6.45, 7) is 4.63. The highest BCUT2D eigenvalue weighted by molar-refractivity contribution is 5.83. The highest BCUT2D eigenvalue weighted by atomic mass is 19.1. The number of unbranched alkanes of at least 4 members (excludes halogenated alkanes) is 7. The van der Waals surface area contributed by atoms with Gasteiger partial charge in [0, 0.05) is 6.42 Å². The number of ether oxygens (including phenoxy) is 1. The zero-order chi connectivity index (χ0) is 20.2. The van der Waals surface area contributed by atoms with Crippen LogP contribution in [0.3, 0.4) is 0 Å². The van der Waals surface area contributed by atoms with Gasteiger partial charge in [-0.15, -0.1) is 0 Å². The minimum absolute atomic E-state index is 0.0248. The van der Waals surface area contributed by atoms with E-state index in [4.69, 9.17) is 9.15 Å². The van der Waals surface area contributed by atoms with Crippen molar-refractivity contribution in [3.63, 3.8) is 0 Å². The molecular weight excluding hydrogens is 355 g/mol. The van der Waals surface area contributed by atoms with Gasteiger partial charge in [-0.2, -0.15) is 0 Å². The van der Waals surface area contributed by atoms with Crippen LogP contribution in [0.25, 0.3) is 10.8 Å². The molecule has 0 atom stereocenters. The van der Waals surface area contributed by atoms with Gasteiger partial charge in [-0.05, 0) is 37.3 Å². The van der Waals surface area contributed by atoms with Crippen LogP contribution in [0.15, 0.2) is 39.6 Å². The third-order valence-electron chi connectivity index (χ3n) is 4.93. The van der Waals surface area contributed by atoms with E-state index in [-0.39, 0.29) is 11.1 Å². The minimum Gasteiger partial charge on any atom is -0.490 e. The van der Waals surface area contributed by atoms with Crippen molar-refractivity contribution in [1.29, 1.82) is 0 Å². The quantitative estimate of drug-likeness (QED) is 0.275. The fourth-order valence-corrected chi connectivity index (χ4v) is 3.32. The largest absolute Gasteiger partial charge is 0.490 e. The van der Waals surface area contributed by atoms with Crippen LogP contribution >= 0.6 is 0 Å². The molecule has 0 amide bonds. The Balaban J connectivity index is 1.88. The predicted molar refractivity (Wildman–Crippen MR) is 114 cm³/mol. The van der Waals surface area contributed by atoms with Gasteiger partial charge in [0.25, 0.3) is 0 Å². The smallest absolute Gasteiger partial charge is 0.346 e. The molecule has 0 aliphatic rings. The first kappa shape index (κ1) is 22.2. The Bertz CT molecular complexity index is 807. The van der Waals surface area contributed by atoms with Gasteiger partial charge in [0.2, 0.25) is 0 Å². The number of halogens is 1. The molecule has 1 aromatic heterocycles. The van der Waals surface area contributed by atoms with Gasteiger partial charge < -0.3 is 9.15 Å². The third-order valence-corrected chi connectivity index (χ3v) is 4.93. The lowest BCUT2D eigenvalue weighted by molar-refractivity contribution is 0.291. The molecule has 0 N–H and O–H groups in total. The average molecular weight is 389 g/mol. The first-order chi connectivity index (χ1) is 13.7. The van der Waals surface area contributed by atoms with E-state index >= 15 is 0 Å². The Labute approximate surface area is 167 Å². The van der Waals surface area contributed by atoms with Gasteiger partial charge in [0.05, 0.1) is 6.61 Å². The monoisotopic (exact) mass is 388 g/mol. The number of allylic oxidation sites excluding steroid dienone is 2. The zero-order valence-electron chi connectivity index (χ0n) is 17.3. The van der Waals surface area contributed by atoms with Crippen LogP contribution in [-0.2, 0) is 6.42 Å². The van der Waals surface area contributed by atoms with Gasteiger partial charge in [-0.1, -0.05) is 70.1 Å². The summed E-state index contributed by atoms with van der Waals surface area (Å²) in [5.74, 6) is 0.0813.